The third kappa shape index (κ3) is 5.13. The Bertz CT molecular complexity index is 1010. The summed E-state index contributed by atoms with van der Waals surface area (Å²) in [6.07, 6.45) is 0.389. The number of carbonyl (C=O) groups is 2. The van der Waals surface area contributed by atoms with Gasteiger partial charge < -0.3 is 10.2 Å². The van der Waals surface area contributed by atoms with Gasteiger partial charge in [0, 0.05) is 34.7 Å². The van der Waals surface area contributed by atoms with E-state index in [4.69, 9.17) is 11.6 Å². The molecule has 164 valence electrons. The fourth-order valence-corrected chi connectivity index (χ4v) is 4.12. The lowest BCUT2D eigenvalue weighted by Crippen LogP contribution is -2.42. The van der Waals surface area contributed by atoms with Crippen LogP contribution in [0.5, 0.6) is 0 Å². The molecule has 0 aliphatic carbocycles. The summed E-state index contributed by atoms with van der Waals surface area (Å²) < 4.78 is 14.6. The highest BCUT2D eigenvalue weighted by molar-refractivity contribution is 6.32. The molecule has 0 aromatic heterocycles. The Hall–Kier alpha value is -2.73. The number of rotatable bonds is 6. The van der Waals surface area contributed by atoms with Crippen LogP contribution < -0.4 is 5.32 Å². The summed E-state index contributed by atoms with van der Waals surface area (Å²) in [5.74, 6) is -0.809. The van der Waals surface area contributed by atoms with Gasteiger partial charge in [0.25, 0.3) is 0 Å². The Morgan fingerprint density at radius 3 is 2.45 bits per heavy atom. The van der Waals surface area contributed by atoms with Crippen molar-refractivity contribution in [3.8, 4) is 0 Å². The Morgan fingerprint density at radius 1 is 1.13 bits per heavy atom. The molecule has 1 aliphatic heterocycles. The minimum atomic E-state index is -0.828. The molecule has 7 heteroatoms. The van der Waals surface area contributed by atoms with Crippen LogP contribution in [-0.2, 0) is 9.59 Å². The number of amides is 2. The zero-order valence-corrected chi connectivity index (χ0v) is 18.9. The van der Waals surface area contributed by atoms with E-state index in [0.717, 1.165) is 0 Å². The number of nitrogens with zero attached hydrogens (tertiary/aromatic N) is 2. The van der Waals surface area contributed by atoms with Gasteiger partial charge in [0.05, 0.1) is 11.4 Å². The smallest absolute Gasteiger partial charge is 0.249 e. The molecule has 5 nitrogen and oxygen atoms in total. The van der Waals surface area contributed by atoms with Crippen molar-refractivity contribution < 1.29 is 14.0 Å². The van der Waals surface area contributed by atoms with E-state index >= 15 is 0 Å². The van der Waals surface area contributed by atoms with Crippen LogP contribution >= 0.6 is 11.6 Å². The molecule has 0 saturated carbocycles. The summed E-state index contributed by atoms with van der Waals surface area (Å²) in [7, 11) is 0. The fraction of sp³-hybridized carbons (Fsp3) is 0.375. The number of anilines is 1. The molecule has 1 N–H and O–H groups in total. The molecule has 31 heavy (non-hydrogen) atoms. The van der Waals surface area contributed by atoms with Gasteiger partial charge in [-0.2, -0.15) is 0 Å². The Balaban J connectivity index is 1.97. The number of halogens is 2. The van der Waals surface area contributed by atoms with Crippen molar-refractivity contribution in [2.24, 2.45) is 4.99 Å². The van der Waals surface area contributed by atoms with Crippen LogP contribution in [0.25, 0.3) is 0 Å². The van der Waals surface area contributed by atoms with Crippen LogP contribution in [0.4, 0.5) is 10.1 Å². The van der Waals surface area contributed by atoms with Gasteiger partial charge in [-0.3, -0.25) is 14.6 Å². The number of carbonyl (C=O) groups excluding carboxylic acids is 2. The number of benzene rings is 2. The van der Waals surface area contributed by atoms with Crippen LogP contribution in [0.15, 0.2) is 47.5 Å². The van der Waals surface area contributed by atoms with Crippen LogP contribution in [0.1, 0.15) is 51.7 Å². The van der Waals surface area contributed by atoms with Gasteiger partial charge >= 0.3 is 0 Å². The van der Waals surface area contributed by atoms with Gasteiger partial charge in [-0.1, -0.05) is 23.7 Å². The third-order valence-electron chi connectivity index (χ3n) is 5.24. The average molecular weight is 444 g/mol. The molecule has 2 aromatic carbocycles. The summed E-state index contributed by atoms with van der Waals surface area (Å²) in [6, 6.07) is 10.6. The SMILES string of the molecule is CC(C)N(C(=O)CCC1N=C(c2ccccc2F)c2cc(Cl)ccc2NC1=O)C(C)C. The van der Waals surface area contributed by atoms with Crippen molar-refractivity contribution in [3.63, 3.8) is 0 Å². The van der Waals surface area contributed by atoms with E-state index < -0.39 is 11.9 Å². The standard InChI is InChI=1S/C24H27ClFN3O2/c1-14(2)29(15(3)4)22(30)12-11-21-24(31)28-20-10-9-16(25)13-18(20)23(27-21)17-7-5-6-8-19(17)26/h5-10,13-15,21H,11-12H2,1-4H3,(H,28,31). The number of aliphatic imine (C=N–C) groups is 1. The van der Waals surface area contributed by atoms with Crippen molar-refractivity contribution >= 4 is 34.8 Å². The molecule has 0 saturated heterocycles. The molecule has 2 amide bonds. The van der Waals surface area contributed by atoms with E-state index in [9.17, 15) is 14.0 Å². The minimum absolute atomic E-state index is 0.0368. The molecule has 0 fully saturated rings. The number of fused-ring (bicyclic) bond motifs is 1. The summed E-state index contributed by atoms with van der Waals surface area (Å²) in [5.41, 5.74) is 1.68. The molecular weight excluding hydrogens is 417 g/mol. The van der Waals surface area contributed by atoms with Crippen LogP contribution in [0.2, 0.25) is 5.02 Å². The van der Waals surface area contributed by atoms with Gasteiger partial charge in [0.2, 0.25) is 11.8 Å². The average Bonchev–Trinajstić information content (AvgIpc) is 2.82. The van der Waals surface area contributed by atoms with Crippen molar-refractivity contribution in [1.29, 1.82) is 0 Å². The molecule has 1 heterocycles. The van der Waals surface area contributed by atoms with E-state index in [1.165, 1.54) is 6.07 Å². The highest BCUT2D eigenvalue weighted by Crippen LogP contribution is 2.29. The molecule has 0 radical (unpaired) electrons. The minimum Gasteiger partial charge on any atom is -0.338 e. The highest BCUT2D eigenvalue weighted by Gasteiger charge is 2.29. The molecule has 1 unspecified atom stereocenters. The molecule has 2 aromatic rings. The summed E-state index contributed by atoms with van der Waals surface area (Å²) in [6.45, 7) is 7.85. The van der Waals surface area contributed by atoms with E-state index in [2.05, 4.69) is 10.3 Å². The normalized spacial score (nSPS) is 15.9. The second-order valence-electron chi connectivity index (χ2n) is 8.18. The maximum Gasteiger partial charge on any atom is 0.249 e. The van der Waals surface area contributed by atoms with E-state index in [-0.39, 0.29) is 42.3 Å². The van der Waals surface area contributed by atoms with Crippen molar-refractivity contribution in [2.75, 3.05) is 5.32 Å². The summed E-state index contributed by atoms with van der Waals surface area (Å²) in [5, 5.41) is 3.31. The first kappa shape index (κ1) is 22.9. The second kappa shape index (κ2) is 9.60. The topological polar surface area (TPSA) is 61.8 Å². The van der Waals surface area contributed by atoms with Gasteiger partial charge in [-0.25, -0.2) is 4.39 Å². The number of hydrogen-bond acceptors (Lipinski definition) is 3. The summed E-state index contributed by atoms with van der Waals surface area (Å²) in [4.78, 5) is 32.1. The second-order valence-corrected chi connectivity index (χ2v) is 8.62. The molecule has 1 atom stereocenters. The Kier molecular flexibility index (Phi) is 7.11. The Morgan fingerprint density at radius 2 is 1.81 bits per heavy atom. The van der Waals surface area contributed by atoms with E-state index in [0.29, 0.717) is 22.0 Å². The lowest BCUT2D eigenvalue weighted by molar-refractivity contribution is -0.135. The Labute approximate surface area is 187 Å². The maximum atomic E-state index is 14.6. The first-order chi connectivity index (χ1) is 14.7. The number of benzodiazepines with no additional fused rings is 1. The zero-order valence-electron chi connectivity index (χ0n) is 18.2. The van der Waals surface area contributed by atoms with Gasteiger partial charge in [0.1, 0.15) is 11.9 Å². The van der Waals surface area contributed by atoms with E-state index in [1.54, 1.807) is 41.3 Å². The predicted octanol–water partition coefficient (Wildman–Crippen LogP) is 5.06. The van der Waals surface area contributed by atoms with Gasteiger partial charge in [0.15, 0.2) is 0 Å². The zero-order chi connectivity index (χ0) is 22.7. The largest absolute Gasteiger partial charge is 0.338 e. The molecule has 1 aliphatic rings. The quantitative estimate of drug-likeness (QED) is 0.678. The van der Waals surface area contributed by atoms with Gasteiger partial charge in [-0.15, -0.1) is 0 Å². The lowest BCUT2D eigenvalue weighted by Gasteiger charge is -2.31. The predicted molar refractivity (Wildman–Crippen MR) is 122 cm³/mol. The van der Waals surface area contributed by atoms with Crippen molar-refractivity contribution in [2.45, 2.75) is 58.7 Å². The molecular formula is C24H27ClFN3O2. The molecule has 3 rings (SSSR count). The lowest BCUT2D eigenvalue weighted by atomic mass is 10.00. The van der Waals surface area contributed by atoms with Gasteiger partial charge in [-0.05, 0) is 64.4 Å². The first-order valence-electron chi connectivity index (χ1n) is 10.4. The van der Waals surface area contributed by atoms with Crippen LogP contribution in [0, 0.1) is 5.82 Å². The monoisotopic (exact) mass is 443 g/mol. The summed E-state index contributed by atoms with van der Waals surface area (Å²) >= 11 is 6.18. The number of nitrogens with one attached hydrogen (secondary N) is 1. The maximum absolute atomic E-state index is 14.6. The molecule has 0 spiro atoms. The highest BCUT2D eigenvalue weighted by atomic mass is 35.5. The molecule has 0 bridgehead atoms. The first-order valence-corrected chi connectivity index (χ1v) is 10.8. The van der Waals surface area contributed by atoms with Crippen molar-refractivity contribution in [1.82, 2.24) is 4.90 Å². The third-order valence-corrected chi connectivity index (χ3v) is 5.48. The van der Waals surface area contributed by atoms with Crippen LogP contribution in [-0.4, -0.2) is 40.6 Å². The van der Waals surface area contributed by atoms with Crippen molar-refractivity contribution in [3.05, 3.63) is 64.4 Å². The van der Waals surface area contributed by atoms with E-state index in [1.807, 2.05) is 27.7 Å². The number of hydrogen-bond donors (Lipinski definition) is 1. The fourth-order valence-electron chi connectivity index (χ4n) is 3.95. The van der Waals surface area contributed by atoms with Crippen LogP contribution in [0.3, 0.4) is 0 Å².